The van der Waals surface area contributed by atoms with Crippen molar-refractivity contribution in [3.05, 3.63) is 64.0 Å². The van der Waals surface area contributed by atoms with Gasteiger partial charge in [-0.25, -0.2) is 0 Å². The van der Waals surface area contributed by atoms with E-state index in [1.54, 1.807) is 24.5 Å². The van der Waals surface area contributed by atoms with Crippen molar-refractivity contribution in [1.82, 2.24) is 14.8 Å². The summed E-state index contributed by atoms with van der Waals surface area (Å²) in [6, 6.07) is 5.61. The molecule has 0 radical (unpaired) electrons. The molecule has 27 heavy (non-hydrogen) atoms. The van der Waals surface area contributed by atoms with Crippen molar-refractivity contribution in [3.63, 3.8) is 0 Å². The standard InChI is InChI=1S/C22H27N3O2/c1-15-14-16(2)18(4)20(17(15)3)22(27)25-11-5-10-24(12-13-25)21(26)19-6-8-23-9-7-19/h6-9,14H,5,10-13H2,1-4H3. The Kier molecular flexibility index (Phi) is 5.59. The van der Waals surface area contributed by atoms with Gasteiger partial charge in [0.05, 0.1) is 0 Å². The predicted octanol–water partition coefficient (Wildman–Crippen LogP) is 3.30. The van der Waals surface area contributed by atoms with Gasteiger partial charge in [0.1, 0.15) is 0 Å². The highest BCUT2D eigenvalue weighted by atomic mass is 16.2. The zero-order valence-corrected chi connectivity index (χ0v) is 16.6. The Morgan fingerprint density at radius 1 is 0.815 bits per heavy atom. The van der Waals surface area contributed by atoms with Crippen LogP contribution in [0.25, 0.3) is 0 Å². The van der Waals surface area contributed by atoms with Crippen LogP contribution in [0.15, 0.2) is 30.6 Å². The highest BCUT2D eigenvalue weighted by Gasteiger charge is 2.26. The van der Waals surface area contributed by atoms with Gasteiger partial charge >= 0.3 is 0 Å². The molecule has 3 rings (SSSR count). The Labute approximate surface area is 161 Å². The van der Waals surface area contributed by atoms with Gasteiger partial charge in [0.15, 0.2) is 0 Å². The molecule has 142 valence electrons. The van der Waals surface area contributed by atoms with Crippen LogP contribution in [0.4, 0.5) is 0 Å². The highest BCUT2D eigenvalue weighted by Crippen LogP contribution is 2.24. The number of hydrogen-bond donors (Lipinski definition) is 0. The normalized spacial score (nSPS) is 14.8. The average Bonchev–Trinajstić information content (AvgIpc) is 2.93. The molecular formula is C22H27N3O2. The van der Waals surface area contributed by atoms with E-state index in [1.807, 2.05) is 23.6 Å². The van der Waals surface area contributed by atoms with Crippen molar-refractivity contribution in [3.8, 4) is 0 Å². The van der Waals surface area contributed by atoms with Crippen molar-refractivity contribution in [2.45, 2.75) is 34.1 Å². The van der Waals surface area contributed by atoms with E-state index < -0.39 is 0 Å². The second-order valence-electron chi connectivity index (χ2n) is 7.31. The lowest BCUT2D eigenvalue weighted by Crippen LogP contribution is -2.38. The summed E-state index contributed by atoms with van der Waals surface area (Å²) in [5, 5.41) is 0. The number of rotatable bonds is 2. The SMILES string of the molecule is Cc1cc(C)c(C)c(C(=O)N2CCCN(C(=O)c3ccncc3)CC2)c1C. The molecule has 2 amide bonds. The van der Waals surface area contributed by atoms with Crippen molar-refractivity contribution < 1.29 is 9.59 Å². The predicted molar refractivity (Wildman–Crippen MR) is 106 cm³/mol. The van der Waals surface area contributed by atoms with E-state index in [1.165, 1.54) is 0 Å². The van der Waals surface area contributed by atoms with Crippen LogP contribution in [0.5, 0.6) is 0 Å². The highest BCUT2D eigenvalue weighted by molar-refractivity contribution is 5.98. The van der Waals surface area contributed by atoms with Gasteiger partial charge in [-0.2, -0.15) is 0 Å². The van der Waals surface area contributed by atoms with Gasteiger partial charge in [-0.1, -0.05) is 6.07 Å². The molecule has 1 aromatic carbocycles. The first-order valence-electron chi connectivity index (χ1n) is 9.46. The van der Waals surface area contributed by atoms with Crippen LogP contribution in [0, 0.1) is 27.7 Å². The Morgan fingerprint density at radius 2 is 1.33 bits per heavy atom. The fourth-order valence-corrected chi connectivity index (χ4v) is 3.70. The summed E-state index contributed by atoms with van der Waals surface area (Å²) in [4.78, 5) is 33.7. The first-order chi connectivity index (χ1) is 12.9. The van der Waals surface area contributed by atoms with Gasteiger partial charge in [0, 0.05) is 49.7 Å². The maximum Gasteiger partial charge on any atom is 0.254 e. The molecule has 0 atom stereocenters. The Morgan fingerprint density at radius 3 is 1.89 bits per heavy atom. The van der Waals surface area contributed by atoms with E-state index in [0.717, 1.165) is 34.2 Å². The maximum absolute atomic E-state index is 13.3. The van der Waals surface area contributed by atoms with Crippen LogP contribution >= 0.6 is 0 Å². The summed E-state index contributed by atoms with van der Waals surface area (Å²) in [5.41, 5.74) is 5.86. The molecule has 1 aromatic heterocycles. The number of amides is 2. The minimum absolute atomic E-state index is 0.00506. The zero-order chi connectivity index (χ0) is 19.6. The van der Waals surface area contributed by atoms with E-state index in [0.29, 0.717) is 31.7 Å². The van der Waals surface area contributed by atoms with Crippen molar-refractivity contribution >= 4 is 11.8 Å². The molecule has 1 aliphatic rings. The van der Waals surface area contributed by atoms with Crippen molar-refractivity contribution in [2.75, 3.05) is 26.2 Å². The largest absolute Gasteiger partial charge is 0.337 e. The molecule has 0 N–H and O–H groups in total. The first kappa shape index (κ1) is 19.1. The van der Waals surface area contributed by atoms with E-state index >= 15 is 0 Å². The number of aryl methyl sites for hydroxylation is 2. The number of carbonyl (C=O) groups excluding carboxylic acids is 2. The topological polar surface area (TPSA) is 53.5 Å². The maximum atomic E-state index is 13.3. The monoisotopic (exact) mass is 365 g/mol. The van der Waals surface area contributed by atoms with E-state index in [2.05, 4.69) is 24.9 Å². The lowest BCUT2D eigenvalue weighted by atomic mass is 9.93. The quantitative estimate of drug-likeness (QED) is 0.820. The second kappa shape index (κ2) is 7.91. The molecular weight excluding hydrogens is 338 g/mol. The average molecular weight is 365 g/mol. The molecule has 0 bridgehead atoms. The number of aromatic nitrogens is 1. The number of benzene rings is 1. The number of pyridine rings is 1. The fraction of sp³-hybridized carbons (Fsp3) is 0.409. The van der Waals surface area contributed by atoms with Crippen LogP contribution in [0.1, 0.15) is 49.4 Å². The van der Waals surface area contributed by atoms with Crippen molar-refractivity contribution in [2.24, 2.45) is 0 Å². The summed E-state index contributed by atoms with van der Waals surface area (Å²) in [7, 11) is 0. The summed E-state index contributed by atoms with van der Waals surface area (Å²) >= 11 is 0. The van der Waals surface area contributed by atoms with Crippen LogP contribution in [-0.2, 0) is 0 Å². The van der Waals surface area contributed by atoms with Gasteiger partial charge in [-0.05, 0) is 68.5 Å². The number of nitrogens with zero attached hydrogens (tertiary/aromatic N) is 3. The summed E-state index contributed by atoms with van der Waals surface area (Å²) in [5.74, 6) is 0.0838. The molecule has 0 unspecified atom stereocenters. The third-order valence-electron chi connectivity index (χ3n) is 5.58. The molecule has 0 aliphatic carbocycles. The molecule has 5 nitrogen and oxygen atoms in total. The van der Waals surface area contributed by atoms with E-state index in [-0.39, 0.29) is 11.8 Å². The number of hydrogen-bond acceptors (Lipinski definition) is 3. The van der Waals surface area contributed by atoms with Gasteiger partial charge in [-0.15, -0.1) is 0 Å². The Hall–Kier alpha value is -2.69. The number of carbonyl (C=O) groups is 2. The molecule has 5 heteroatoms. The van der Waals surface area contributed by atoms with Crippen LogP contribution in [-0.4, -0.2) is 52.8 Å². The third-order valence-corrected chi connectivity index (χ3v) is 5.58. The summed E-state index contributed by atoms with van der Waals surface area (Å²) in [6.45, 7) is 10.6. The van der Waals surface area contributed by atoms with Crippen LogP contribution in [0.2, 0.25) is 0 Å². The van der Waals surface area contributed by atoms with Gasteiger partial charge in [-0.3, -0.25) is 14.6 Å². The lowest BCUT2D eigenvalue weighted by molar-refractivity contribution is 0.0717. The summed E-state index contributed by atoms with van der Waals surface area (Å²) < 4.78 is 0. The molecule has 2 aromatic rings. The van der Waals surface area contributed by atoms with E-state index in [9.17, 15) is 9.59 Å². The first-order valence-corrected chi connectivity index (χ1v) is 9.46. The molecule has 0 saturated carbocycles. The third kappa shape index (κ3) is 3.87. The smallest absolute Gasteiger partial charge is 0.254 e. The molecule has 1 saturated heterocycles. The van der Waals surface area contributed by atoms with Gasteiger partial charge in [0.2, 0.25) is 0 Å². The van der Waals surface area contributed by atoms with Gasteiger partial charge in [0.25, 0.3) is 11.8 Å². The van der Waals surface area contributed by atoms with Crippen LogP contribution < -0.4 is 0 Å². The lowest BCUT2D eigenvalue weighted by Gasteiger charge is -2.24. The zero-order valence-electron chi connectivity index (χ0n) is 16.6. The Bertz CT molecular complexity index is 835. The molecule has 0 spiro atoms. The van der Waals surface area contributed by atoms with E-state index in [4.69, 9.17) is 0 Å². The summed E-state index contributed by atoms with van der Waals surface area (Å²) in [6.07, 6.45) is 4.05. The Balaban J connectivity index is 1.77. The van der Waals surface area contributed by atoms with Gasteiger partial charge < -0.3 is 9.80 Å². The minimum Gasteiger partial charge on any atom is -0.337 e. The molecule has 2 heterocycles. The fourth-order valence-electron chi connectivity index (χ4n) is 3.70. The second-order valence-corrected chi connectivity index (χ2v) is 7.31. The molecule has 1 aliphatic heterocycles. The minimum atomic E-state index is 0.00506. The molecule has 1 fully saturated rings. The van der Waals surface area contributed by atoms with Crippen molar-refractivity contribution in [1.29, 1.82) is 0 Å². The van der Waals surface area contributed by atoms with Crippen LogP contribution in [0.3, 0.4) is 0 Å².